The normalized spacial score (nSPS) is 26.1. The quantitative estimate of drug-likeness (QED) is 0.800. The van der Waals surface area contributed by atoms with Gasteiger partial charge in [-0.1, -0.05) is 6.07 Å². The second-order valence-electron chi connectivity index (χ2n) is 6.46. The van der Waals surface area contributed by atoms with Crippen LogP contribution in [0.5, 0.6) is 0 Å². The number of nitrogens with zero attached hydrogens (tertiary/aromatic N) is 3. The third-order valence-corrected chi connectivity index (χ3v) is 4.82. The number of carbonyl (C=O) groups is 1. The second kappa shape index (κ2) is 5.11. The van der Waals surface area contributed by atoms with Crippen LogP contribution in [0.2, 0.25) is 0 Å². The van der Waals surface area contributed by atoms with Crippen molar-refractivity contribution in [1.82, 2.24) is 14.2 Å². The number of hydrogen-bond acceptors (Lipinski definition) is 3. The zero-order chi connectivity index (χ0) is 15.2. The molecule has 22 heavy (non-hydrogen) atoms. The SMILES string of the molecule is CN1CCOC2(CCN(C(=O)c3ccc4ccccn34)C2)C1. The number of carbonyl (C=O) groups excluding carboxylic acids is 1. The Hall–Kier alpha value is -1.85. The molecule has 4 heterocycles. The van der Waals surface area contributed by atoms with E-state index < -0.39 is 0 Å². The van der Waals surface area contributed by atoms with Gasteiger partial charge in [0, 0.05) is 31.3 Å². The molecule has 116 valence electrons. The Morgan fingerprint density at radius 3 is 2.95 bits per heavy atom. The van der Waals surface area contributed by atoms with Crippen LogP contribution in [0.3, 0.4) is 0 Å². The molecule has 0 bridgehead atoms. The number of fused-ring (bicyclic) bond motifs is 1. The Morgan fingerprint density at radius 2 is 2.09 bits per heavy atom. The molecule has 0 saturated carbocycles. The van der Waals surface area contributed by atoms with Crippen LogP contribution >= 0.6 is 0 Å². The highest BCUT2D eigenvalue weighted by Crippen LogP contribution is 2.30. The summed E-state index contributed by atoms with van der Waals surface area (Å²) in [5, 5.41) is 0. The predicted octanol–water partition coefficient (Wildman–Crippen LogP) is 1.49. The minimum absolute atomic E-state index is 0.0971. The lowest BCUT2D eigenvalue weighted by Gasteiger charge is -2.38. The van der Waals surface area contributed by atoms with Gasteiger partial charge in [-0.25, -0.2) is 0 Å². The molecule has 1 atom stereocenters. The molecule has 1 amide bonds. The molecule has 1 spiro atoms. The van der Waals surface area contributed by atoms with Crippen molar-refractivity contribution in [2.75, 3.05) is 39.8 Å². The van der Waals surface area contributed by atoms with E-state index in [2.05, 4.69) is 11.9 Å². The summed E-state index contributed by atoms with van der Waals surface area (Å²) in [7, 11) is 2.12. The van der Waals surface area contributed by atoms with Gasteiger partial charge in [-0.3, -0.25) is 4.79 Å². The molecule has 2 aliphatic rings. The molecule has 0 N–H and O–H groups in total. The fraction of sp³-hybridized carbons (Fsp3) is 0.471. The van der Waals surface area contributed by atoms with Crippen molar-refractivity contribution in [1.29, 1.82) is 0 Å². The standard InChI is InChI=1S/C17H21N3O2/c1-18-10-11-22-17(12-18)7-9-19(13-17)16(21)15-6-5-14-4-2-3-8-20(14)15/h2-6,8H,7,9-13H2,1H3. The van der Waals surface area contributed by atoms with E-state index in [9.17, 15) is 4.79 Å². The van der Waals surface area contributed by atoms with Gasteiger partial charge in [0.15, 0.2) is 0 Å². The number of hydrogen-bond donors (Lipinski definition) is 0. The van der Waals surface area contributed by atoms with E-state index >= 15 is 0 Å². The number of aromatic nitrogens is 1. The average molecular weight is 299 g/mol. The van der Waals surface area contributed by atoms with Crippen LogP contribution in [0, 0.1) is 0 Å². The Kier molecular flexibility index (Phi) is 3.20. The number of morpholine rings is 1. The molecule has 2 aliphatic heterocycles. The lowest BCUT2D eigenvalue weighted by Crippen LogP contribution is -2.52. The van der Waals surface area contributed by atoms with Crippen LogP contribution < -0.4 is 0 Å². The van der Waals surface area contributed by atoms with E-state index in [1.807, 2.05) is 45.8 Å². The third-order valence-electron chi connectivity index (χ3n) is 4.82. The van der Waals surface area contributed by atoms with Crippen LogP contribution in [-0.2, 0) is 4.74 Å². The van der Waals surface area contributed by atoms with Gasteiger partial charge >= 0.3 is 0 Å². The van der Waals surface area contributed by atoms with Gasteiger partial charge < -0.3 is 18.9 Å². The smallest absolute Gasteiger partial charge is 0.270 e. The molecule has 4 rings (SSSR count). The largest absolute Gasteiger partial charge is 0.370 e. The molecule has 0 aromatic carbocycles. The van der Waals surface area contributed by atoms with Gasteiger partial charge in [-0.05, 0) is 37.7 Å². The van der Waals surface area contributed by atoms with Gasteiger partial charge in [-0.15, -0.1) is 0 Å². The van der Waals surface area contributed by atoms with Crippen LogP contribution in [0.4, 0.5) is 0 Å². The van der Waals surface area contributed by atoms with E-state index in [-0.39, 0.29) is 11.5 Å². The summed E-state index contributed by atoms with van der Waals surface area (Å²) < 4.78 is 8.00. The summed E-state index contributed by atoms with van der Waals surface area (Å²) in [5.74, 6) is 0.0971. The lowest BCUT2D eigenvalue weighted by molar-refractivity contribution is -0.0935. The Balaban J connectivity index is 1.57. The first-order chi connectivity index (χ1) is 10.7. The fourth-order valence-corrected chi connectivity index (χ4v) is 3.69. The van der Waals surface area contributed by atoms with Crippen molar-refractivity contribution < 1.29 is 9.53 Å². The number of likely N-dealkylation sites (N-methyl/N-ethyl adjacent to an activating group) is 1. The average Bonchev–Trinajstić information content (AvgIpc) is 3.11. The first kappa shape index (κ1) is 13.8. The Bertz CT molecular complexity index is 711. The first-order valence-electron chi connectivity index (χ1n) is 7.85. The van der Waals surface area contributed by atoms with Crippen molar-refractivity contribution >= 4 is 11.4 Å². The van der Waals surface area contributed by atoms with Gasteiger partial charge in [0.25, 0.3) is 5.91 Å². The van der Waals surface area contributed by atoms with Gasteiger partial charge in [0.05, 0.1) is 13.2 Å². The molecule has 5 heteroatoms. The van der Waals surface area contributed by atoms with Crippen LogP contribution in [0.15, 0.2) is 36.5 Å². The minimum atomic E-state index is -0.171. The molecule has 5 nitrogen and oxygen atoms in total. The molecule has 2 fully saturated rings. The molecule has 2 aromatic rings. The maximum Gasteiger partial charge on any atom is 0.270 e. The molecule has 0 aliphatic carbocycles. The highest BCUT2D eigenvalue weighted by Gasteiger charge is 2.43. The lowest BCUT2D eigenvalue weighted by atomic mass is 10.0. The van der Waals surface area contributed by atoms with Crippen molar-refractivity contribution in [3.05, 3.63) is 42.2 Å². The Morgan fingerprint density at radius 1 is 1.18 bits per heavy atom. The number of amides is 1. The number of pyridine rings is 1. The molecular weight excluding hydrogens is 278 g/mol. The number of rotatable bonds is 1. The van der Waals surface area contributed by atoms with Gasteiger partial charge in [0.2, 0.25) is 0 Å². The van der Waals surface area contributed by atoms with Crippen molar-refractivity contribution in [2.45, 2.75) is 12.0 Å². The van der Waals surface area contributed by atoms with Crippen LogP contribution in [0.1, 0.15) is 16.9 Å². The van der Waals surface area contributed by atoms with E-state index in [1.54, 1.807) is 0 Å². The number of ether oxygens (including phenoxy) is 1. The number of likely N-dealkylation sites (tertiary alicyclic amines) is 1. The topological polar surface area (TPSA) is 37.2 Å². The van der Waals surface area contributed by atoms with Crippen molar-refractivity contribution in [3.8, 4) is 0 Å². The molecule has 1 unspecified atom stereocenters. The van der Waals surface area contributed by atoms with Crippen LogP contribution in [0.25, 0.3) is 5.52 Å². The maximum absolute atomic E-state index is 12.9. The minimum Gasteiger partial charge on any atom is -0.370 e. The maximum atomic E-state index is 12.9. The fourth-order valence-electron chi connectivity index (χ4n) is 3.69. The van der Waals surface area contributed by atoms with Gasteiger partial charge in [-0.2, -0.15) is 0 Å². The van der Waals surface area contributed by atoms with E-state index in [4.69, 9.17) is 4.74 Å². The molecule has 2 saturated heterocycles. The highest BCUT2D eigenvalue weighted by atomic mass is 16.5. The monoisotopic (exact) mass is 299 g/mol. The van der Waals surface area contributed by atoms with Gasteiger partial charge in [0.1, 0.15) is 11.3 Å². The summed E-state index contributed by atoms with van der Waals surface area (Å²) >= 11 is 0. The predicted molar refractivity (Wildman–Crippen MR) is 84.1 cm³/mol. The van der Waals surface area contributed by atoms with E-state index in [0.717, 1.165) is 43.9 Å². The van der Waals surface area contributed by atoms with Crippen LogP contribution in [-0.4, -0.2) is 65.5 Å². The van der Waals surface area contributed by atoms with Crippen molar-refractivity contribution in [2.24, 2.45) is 0 Å². The highest BCUT2D eigenvalue weighted by molar-refractivity contribution is 5.94. The summed E-state index contributed by atoms with van der Waals surface area (Å²) in [6.07, 6.45) is 2.87. The van der Waals surface area contributed by atoms with E-state index in [1.165, 1.54) is 0 Å². The summed E-state index contributed by atoms with van der Waals surface area (Å²) in [4.78, 5) is 17.1. The van der Waals surface area contributed by atoms with Crippen molar-refractivity contribution in [3.63, 3.8) is 0 Å². The second-order valence-corrected chi connectivity index (χ2v) is 6.46. The van der Waals surface area contributed by atoms with E-state index in [0.29, 0.717) is 6.54 Å². The first-order valence-corrected chi connectivity index (χ1v) is 7.85. The summed E-state index contributed by atoms with van der Waals surface area (Å²) in [6.45, 7) is 4.10. The summed E-state index contributed by atoms with van der Waals surface area (Å²) in [6, 6.07) is 9.86. The third kappa shape index (κ3) is 2.21. The molecule has 0 radical (unpaired) electrons. The Labute approximate surface area is 130 Å². The zero-order valence-corrected chi connectivity index (χ0v) is 12.9. The zero-order valence-electron chi connectivity index (χ0n) is 12.9. The molecular formula is C17H21N3O2. The summed E-state index contributed by atoms with van der Waals surface area (Å²) in [5.41, 5.74) is 1.61. The molecule has 2 aromatic heterocycles.